The second-order valence-electron chi connectivity index (χ2n) is 9.89. The fourth-order valence-corrected chi connectivity index (χ4v) is 4.79. The Balaban J connectivity index is 1.55. The Morgan fingerprint density at radius 3 is 2.37 bits per heavy atom. The van der Waals surface area contributed by atoms with Gasteiger partial charge in [-0.15, -0.1) is 0 Å². The predicted octanol–water partition coefficient (Wildman–Crippen LogP) is 2.28. The summed E-state index contributed by atoms with van der Waals surface area (Å²) in [4.78, 5) is 40.9. The van der Waals surface area contributed by atoms with E-state index in [2.05, 4.69) is 10.5 Å². The van der Waals surface area contributed by atoms with Crippen LogP contribution in [0.4, 0.5) is 0 Å². The van der Waals surface area contributed by atoms with E-state index in [0.717, 1.165) is 16.8 Å². The summed E-state index contributed by atoms with van der Waals surface area (Å²) in [5, 5.41) is 4.29. The molecule has 2 heterocycles. The zero-order chi connectivity index (χ0) is 25.1. The molecule has 184 valence electrons. The van der Waals surface area contributed by atoms with Crippen LogP contribution in [0.25, 0.3) is 0 Å². The Bertz CT molecular complexity index is 1120. The predicted molar refractivity (Wildman–Crippen MR) is 132 cm³/mol. The van der Waals surface area contributed by atoms with Crippen LogP contribution in [0.15, 0.2) is 65.8 Å². The van der Waals surface area contributed by atoms with Crippen molar-refractivity contribution in [2.75, 3.05) is 19.7 Å². The molecule has 2 atom stereocenters. The van der Waals surface area contributed by atoms with Crippen LogP contribution >= 0.6 is 0 Å². The number of piperidine rings is 1. The van der Waals surface area contributed by atoms with Crippen LogP contribution in [-0.4, -0.2) is 48.0 Å². The van der Waals surface area contributed by atoms with Crippen LogP contribution in [0.2, 0.25) is 0 Å². The summed E-state index contributed by atoms with van der Waals surface area (Å²) in [6.07, 6.45) is 0.919. The second-order valence-corrected chi connectivity index (χ2v) is 9.89. The molecule has 4 rings (SSSR count). The SMILES string of the molecule is CC(C)(C(N)=O)[C@H](COCc1ccccc1)C(=O)N1CCC2=NNC(=O)[C@@]2(Cc2ccccc2)C1. The van der Waals surface area contributed by atoms with Gasteiger partial charge in [0.25, 0.3) is 5.91 Å². The molecule has 0 aliphatic carbocycles. The van der Waals surface area contributed by atoms with E-state index in [9.17, 15) is 14.4 Å². The zero-order valence-corrected chi connectivity index (χ0v) is 20.2. The normalized spacial score (nSPS) is 20.6. The molecule has 8 nitrogen and oxygen atoms in total. The van der Waals surface area contributed by atoms with Crippen molar-refractivity contribution in [3.05, 3.63) is 71.8 Å². The van der Waals surface area contributed by atoms with Crippen molar-refractivity contribution in [2.45, 2.75) is 33.3 Å². The number of likely N-dealkylation sites (tertiary alicyclic amines) is 1. The highest BCUT2D eigenvalue weighted by Gasteiger charge is 2.53. The van der Waals surface area contributed by atoms with Gasteiger partial charge in [0.15, 0.2) is 0 Å². The Kier molecular flexibility index (Phi) is 7.03. The molecule has 3 amide bonds. The van der Waals surface area contributed by atoms with Crippen molar-refractivity contribution < 1.29 is 19.1 Å². The highest BCUT2D eigenvalue weighted by molar-refractivity contribution is 6.13. The molecule has 0 bridgehead atoms. The number of nitrogens with zero attached hydrogens (tertiary/aromatic N) is 2. The Morgan fingerprint density at radius 1 is 1.11 bits per heavy atom. The van der Waals surface area contributed by atoms with Crippen molar-refractivity contribution in [2.24, 2.45) is 27.6 Å². The summed E-state index contributed by atoms with van der Waals surface area (Å²) in [6, 6.07) is 19.3. The number of rotatable bonds is 9. The van der Waals surface area contributed by atoms with Crippen LogP contribution in [0.5, 0.6) is 0 Å². The number of carbonyl (C=O) groups is 3. The lowest BCUT2D eigenvalue weighted by Gasteiger charge is -2.42. The van der Waals surface area contributed by atoms with Crippen LogP contribution in [0, 0.1) is 16.7 Å². The van der Waals surface area contributed by atoms with E-state index in [1.54, 1.807) is 18.7 Å². The van der Waals surface area contributed by atoms with Crippen LogP contribution in [-0.2, 0) is 32.1 Å². The molecule has 2 aromatic rings. The summed E-state index contributed by atoms with van der Waals surface area (Å²) in [6.45, 7) is 4.30. The number of hydrazone groups is 1. The van der Waals surface area contributed by atoms with Crippen molar-refractivity contribution in [1.29, 1.82) is 0 Å². The van der Waals surface area contributed by atoms with Gasteiger partial charge in [-0.2, -0.15) is 5.10 Å². The number of benzene rings is 2. The Hall–Kier alpha value is -3.52. The lowest BCUT2D eigenvalue weighted by atomic mass is 9.72. The monoisotopic (exact) mass is 476 g/mol. The van der Waals surface area contributed by atoms with E-state index in [1.165, 1.54) is 0 Å². The molecule has 0 spiro atoms. The molecule has 35 heavy (non-hydrogen) atoms. The van der Waals surface area contributed by atoms with Gasteiger partial charge in [-0.05, 0) is 17.5 Å². The summed E-state index contributed by atoms with van der Waals surface area (Å²) in [5.74, 6) is -1.82. The quantitative estimate of drug-likeness (QED) is 0.578. The number of nitrogens with one attached hydrogen (secondary N) is 1. The van der Waals surface area contributed by atoms with Crippen LogP contribution < -0.4 is 11.2 Å². The maximum atomic E-state index is 13.8. The van der Waals surface area contributed by atoms with Gasteiger partial charge >= 0.3 is 0 Å². The number of nitrogens with two attached hydrogens (primary N) is 1. The zero-order valence-electron chi connectivity index (χ0n) is 20.2. The molecule has 8 heteroatoms. The minimum absolute atomic E-state index is 0.0407. The van der Waals surface area contributed by atoms with Gasteiger partial charge in [-0.3, -0.25) is 14.4 Å². The van der Waals surface area contributed by atoms with Gasteiger partial charge in [-0.1, -0.05) is 74.5 Å². The van der Waals surface area contributed by atoms with E-state index in [4.69, 9.17) is 10.5 Å². The first kappa shape index (κ1) is 24.6. The van der Waals surface area contributed by atoms with E-state index in [0.29, 0.717) is 26.0 Å². The standard InChI is InChI=1S/C27H32N4O4/c1-26(2,24(28)33)21(17-35-16-20-11-7-4-8-12-20)23(32)31-14-13-22-27(18-31,25(34)30-29-22)15-19-9-5-3-6-10-19/h3-12,21H,13-18H2,1-2H3,(H2,28,33)(H,30,34)/t21-,27+/m1/s1. The number of hydrogen-bond donors (Lipinski definition) is 2. The molecule has 2 aliphatic heterocycles. The summed E-state index contributed by atoms with van der Waals surface area (Å²) >= 11 is 0. The summed E-state index contributed by atoms with van der Waals surface area (Å²) in [7, 11) is 0. The maximum Gasteiger partial charge on any atom is 0.254 e. The van der Waals surface area contributed by atoms with Crippen molar-refractivity contribution in [3.8, 4) is 0 Å². The lowest BCUT2D eigenvalue weighted by molar-refractivity contribution is -0.151. The minimum atomic E-state index is -1.13. The van der Waals surface area contributed by atoms with Gasteiger partial charge in [0.05, 0.1) is 30.3 Å². The molecule has 0 saturated carbocycles. The number of carbonyl (C=O) groups excluding carboxylic acids is 3. The van der Waals surface area contributed by atoms with E-state index < -0.39 is 22.7 Å². The van der Waals surface area contributed by atoms with Gasteiger partial charge < -0.3 is 15.4 Å². The van der Waals surface area contributed by atoms with Crippen molar-refractivity contribution >= 4 is 23.4 Å². The molecule has 1 fully saturated rings. The fraction of sp³-hybridized carbons (Fsp3) is 0.407. The number of primary amides is 1. The topological polar surface area (TPSA) is 114 Å². The maximum absolute atomic E-state index is 13.8. The molecular formula is C27H32N4O4. The highest BCUT2D eigenvalue weighted by atomic mass is 16.5. The van der Waals surface area contributed by atoms with Gasteiger partial charge in [0.2, 0.25) is 11.8 Å². The lowest BCUT2D eigenvalue weighted by Crippen LogP contribution is -2.58. The first-order valence-corrected chi connectivity index (χ1v) is 11.9. The number of amides is 3. The molecule has 2 aliphatic rings. The van der Waals surface area contributed by atoms with Gasteiger partial charge in [-0.25, -0.2) is 5.43 Å². The smallest absolute Gasteiger partial charge is 0.254 e. The Morgan fingerprint density at radius 2 is 1.74 bits per heavy atom. The molecule has 0 aromatic heterocycles. The number of hydrogen-bond acceptors (Lipinski definition) is 5. The van der Waals surface area contributed by atoms with Crippen LogP contribution in [0.1, 0.15) is 31.4 Å². The largest absolute Gasteiger partial charge is 0.376 e. The average molecular weight is 477 g/mol. The van der Waals surface area contributed by atoms with E-state index in [-0.39, 0.29) is 25.0 Å². The van der Waals surface area contributed by atoms with Gasteiger partial charge in [0.1, 0.15) is 5.41 Å². The average Bonchev–Trinajstić information content (AvgIpc) is 3.17. The molecule has 3 N–H and O–H groups in total. The number of fused-ring (bicyclic) bond motifs is 1. The molecular weight excluding hydrogens is 444 g/mol. The molecule has 1 saturated heterocycles. The first-order valence-electron chi connectivity index (χ1n) is 11.9. The van der Waals surface area contributed by atoms with Crippen LogP contribution in [0.3, 0.4) is 0 Å². The van der Waals surface area contributed by atoms with Crippen molar-refractivity contribution in [3.63, 3.8) is 0 Å². The van der Waals surface area contributed by atoms with E-state index in [1.807, 2.05) is 60.7 Å². The highest BCUT2D eigenvalue weighted by Crippen LogP contribution is 2.37. The minimum Gasteiger partial charge on any atom is -0.376 e. The summed E-state index contributed by atoms with van der Waals surface area (Å²) < 4.78 is 5.90. The van der Waals surface area contributed by atoms with Crippen molar-refractivity contribution in [1.82, 2.24) is 10.3 Å². The molecule has 0 unspecified atom stereocenters. The Labute approximate surface area is 205 Å². The first-order chi connectivity index (χ1) is 16.7. The fourth-order valence-electron chi connectivity index (χ4n) is 4.79. The third-order valence-electron chi connectivity index (χ3n) is 7.22. The third-order valence-corrected chi connectivity index (χ3v) is 7.22. The molecule has 2 aromatic carbocycles. The summed E-state index contributed by atoms with van der Waals surface area (Å²) in [5.41, 5.74) is 9.00. The van der Waals surface area contributed by atoms with E-state index >= 15 is 0 Å². The third kappa shape index (κ3) is 4.98. The molecule has 0 radical (unpaired) electrons. The van der Waals surface area contributed by atoms with Gasteiger partial charge in [0, 0.05) is 19.5 Å². The second kappa shape index (κ2) is 10.00. The number of ether oxygens (including phenoxy) is 1.